The number of hydrogen-bond acceptors (Lipinski definition) is 4. The quantitative estimate of drug-likeness (QED) is 0.588. The molecule has 2 N–H and O–H groups in total. The number of nitrogen functional groups attached to an aromatic ring is 1. The first kappa shape index (κ1) is 11.9. The Morgan fingerprint density at radius 1 is 1.47 bits per heavy atom. The summed E-state index contributed by atoms with van der Waals surface area (Å²) in [6.45, 7) is 1.92. The fraction of sp³-hybridized carbons (Fsp3) is 0.143. The van der Waals surface area contributed by atoms with Crippen LogP contribution in [0.5, 0.6) is 0 Å². The molecule has 0 saturated heterocycles. The van der Waals surface area contributed by atoms with Gasteiger partial charge in [0.15, 0.2) is 10.7 Å². The number of ketones is 1. The number of fused-ring (bicyclic) bond motifs is 1. The van der Waals surface area contributed by atoms with Crippen LogP contribution in [-0.4, -0.2) is 15.2 Å². The number of nitrogens with two attached hydrogens (primary N) is 1. The van der Waals surface area contributed by atoms with Crippen LogP contribution in [-0.2, 0) is 6.42 Å². The molecule has 0 radical (unpaired) electrons. The van der Waals surface area contributed by atoms with Crippen molar-refractivity contribution in [1.29, 1.82) is 0 Å². The van der Waals surface area contributed by atoms with Crippen molar-refractivity contribution < 1.29 is 4.79 Å². The van der Waals surface area contributed by atoms with Crippen molar-refractivity contribution in [2.45, 2.75) is 13.3 Å². The summed E-state index contributed by atoms with van der Waals surface area (Å²) in [5, 5.41) is 1.97. The van der Waals surface area contributed by atoms with E-state index in [1.807, 2.05) is 41.2 Å². The summed E-state index contributed by atoms with van der Waals surface area (Å²) in [7, 11) is 0. The van der Waals surface area contributed by atoms with Gasteiger partial charge >= 0.3 is 0 Å². The molecule has 0 amide bonds. The number of anilines is 1. The molecule has 0 saturated carbocycles. The highest BCUT2D eigenvalue weighted by Gasteiger charge is 2.11. The number of carbonyl (C=O) groups excluding carboxylic acids is 1. The van der Waals surface area contributed by atoms with Crippen molar-refractivity contribution in [3.05, 3.63) is 52.8 Å². The lowest BCUT2D eigenvalue weighted by molar-refractivity contribution is 0.0992. The lowest BCUT2D eigenvalue weighted by Crippen LogP contribution is -2.05. The second-order valence-corrected chi connectivity index (χ2v) is 5.37. The topological polar surface area (TPSA) is 60.4 Å². The third kappa shape index (κ3) is 2.24. The Labute approximate surface area is 114 Å². The zero-order valence-electron chi connectivity index (χ0n) is 10.5. The fourth-order valence-corrected chi connectivity index (χ4v) is 2.66. The Bertz CT molecular complexity index is 728. The first-order valence-corrected chi connectivity index (χ1v) is 6.82. The van der Waals surface area contributed by atoms with Crippen LogP contribution < -0.4 is 5.73 Å². The molecule has 1 aromatic carbocycles. The molecule has 0 aliphatic carbocycles. The smallest absolute Gasteiger partial charge is 0.193 e. The molecule has 0 unspecified atom stereocenters. The number of benzene rings is 1. The summed E-state index contributed by atoms with van der Waals surface area (Å²) in [5.74, 6) is 0.0393. The molecule has 0 bridgehead atoms. The van der Waals surface area contributed by atoms with Crippen LogP contribution in [0, 0.1) is 6.92 Å². The third-order valence-electron chi connectivity index (χ3n) is 3.09. The van der Waals surface area contributed by atoms with Crippen LogP contribution in [0.2, 0.25) is 0 Å². The molecule has 19 heavy (non-hydrogen) atoms. The maximum absolute atomic E-state index is 12.2. The number of nitrogens with zero attached hydrogens (tertiary/aromatic N) is 2. The average molecular weight is 271 g/mol. The van der Waals surface area contributed by atoms with Crippen molar-refractivity contribution in [2.75, 3.05) is 5.73 Å². The predicted octanol–water partition coefficient (Wildman–Crippen LogP) is 2.71. The Morgan fingerprint density at radius 2 is 2.32 bits per heavy atom. The molecule has 96 valence electrons. The first-order valence-electron chi connectivity index (χ1n) is 5.94. The van der Waals surface area contributed by atoms with Crippen LogP contribution >= 0.6 is 11.3 Å². The van der Waals surface area contributed by atoms with E-state index in [-0.39, 0.29) is 5.78 Å². The largest absolute Gasteiger partial charge is 0.398 e. The SMILES string of the molecule is Cc1ccc(C(=O)Cc2cn3ccsc3n2)cc1N. The molecule has 3 rings (SSSR count). The van der Waals surface area contributed by atoms with Crippen LogP contribution in [0.4, 0.5) is 5.69 Å². The minimum absolute atomic E-state index is 0.0393. The number of Topliss-reactive ketones (excluding diaryl/α,β-unsaturated/α-hetero) is 1. The Balaban J connectivity index is 1.84. The summed E-state index contributed by atoms with van der Waals surface area (Å²) < 4.78 is 1.93. The van der Waals surface area contributed by atoms with Gasteiger partial charge in [0.05, 0.1) is 12.1 Å². The molecule has 4 nitrogen and oxygen atoms in total. The first-order chi connectivity index (χ1) is 9.13. The number of rotatable bonds is 3. The third-order valence-corrected chi connectivity index (χ3v) is 3.86. The van der Waals surface area contributed by atoms with Gasteiger partial charge in [0.25, 0.3) is 0 Å². The van der Waals surface area contributed by atoms with Crippen molar-refractivity contribution >= 4 is 27.8 Å². The Morgan fingerprint density at radius 3 is 3.05 bits per heavy atom. The molecule has 0 aliphatic heterocycles. The minimum Gasteiger partial charge on any atom is -0.398 e. The van der Waals surface area contributed by atoms with Crippen molar-refractivity contribution in [3.8, 4) is 0 Å². The van der Waals surface area contributed by atoms with Gasteiger partial charge in [0.2, 0.25) is 0 Å². The van der Waals surface area contributed by atoms with Crippen molar-refractivity contribution in [1.82, 2.24) is 9.38 Å². The van der Waals surface area contributed by atoms with Gasteiger partial charge in [-0.15, -0.1) is 11.3 Å². The van der Waals surface area contributed by atoms with Crippen LogP contribution in [0.15, 0.2) is 36.0 Å². The van der Waals surface area contributed by atoms with Gasteiger partial charge in [0, 0.05) is 29.0 Å². The Kier molecular flexibility index (Phi) is 2.83. The van der Waals surface area contributed by atoms with Gasteiger partial charge in [0.1, 0.15) is 0 Å². The van der Waals surface area contributed by atoms with E-state index in [0.717, 1.165) is 16.2 Å². The van der Waals surface area contributed by atoms with E-state index in [4.69, 9.17) is 5.73 Å². The van der Waals surface area contributed by atoms with Gasteiger partial charge in [-0.1, -0.05) is 12.1 Å². The highest BCUT2D eigenvalue weighted by atomic mass is 32.1. The lowest BCUT2D eigenvalue weighted by Gasteiger charge is -2.03. The van der Waals surface area contributed by atoms with E-state index >= 15 is 0 Å². The maximum Gasteiger partial charge on any atom is 0.193 e. The van der Waals surface area contributed by atoms with Crippen molar-refractivity contribution in [3.63, 3.8) is 0 Å². The number of aromatic nitrogens is 2. The zero-order chi connectivity index (χ0) is 13.4. The van der Waals surface area contributed by atoms with Gasteiger partial charge in [-0.25, -0.2) is 4.98 Å². The summed E-state index contributed by atoms with van der Waals surface area (Å²) >= 11 is 1.56. The standard InChI is InChI=1S/C14H13N3OS/c1-9-2-3-10(6-12(9)15)13(18)7-11-8-17-4-5-19-14(17)16-11/h2-6,8H,7,15H2,1H3. The number of imidazole rings is 1. The number of thiazole rings is 1. The fourth-order valence-electron chi connectivity index (χ4n) is 1.94. The second-order valence-electron chi connectivity index (χ2n) is 4.50. The maximum atomic E-state index is 12.2. The van der Waals surface area contributed by atoms with Crippen LogP contribution in [0.1, 0.15) is 21.6 Å². The van der Waals surface area contributed by atoms with Gasteiger partial charge < -0.3 is 5.73 Å². The average Bonchev–Trinajstić information content (AvgIpc) is 2.93. The number of carbonyl (C=O) groups is 1. The minimum atomic E-state index is 0.0393. The molecule has 5 heteroatoms. The van der Waals surface area contributed by atoms with Crippen LogP contribution in [0.25, 0.3) is 4.96 Å². The summed E-state index contributed by atoms with van der Waals surface area (Å²) in [6.07, 6.45) is 4.13. The van der Waals surface area contributed by atoms with E-state index < -0.39 is 0 Å². The number of hydrogen-bond donors (Lipinski definition) is 1. The summed E-state index contributed by atoms with van der Waals surface area (Å²) in [4.78, 5) is 17.5. The molecule has 0 atom stereocenters. The molecule has 2 aromatic heterocycles. The molecular formula is C14H13N3OS. The van der Waals surface area contributed by atoms with Crippen LogP contribution in [0.3, 0.4) is 0 Å². The number of aryl methyl sites for hydroxylation is 1. The monoisotopic (exact) mass is 271 g/mol. The van der Waals surface area contributed by atoms with E-state index in [1.165, 1.54) is 0 Å². The highest BCUT2D eigenvalue weighted by Crippen LogP contribution is 2.16. The Hall–Kier alpha value is -2.14. The predicted molar refractivity (Wildman–Crippen MR) is 76.7 cm³/mol. The van der Waals surface area contributed by atoms with E-state index in [2.05, 4.69) is 4.98 Å². The van der Waals surface area contributed by atoms with E-state index in [9.17, 15) is 4.79 Å². The molecule has 2 heterocycles. The zero-order valence-corrected chi connectivity index (χ0v) is 11.3. The van der Waals surface area contributed by atoms with Crippen molar-refractivity contribution in [2.24, 2.45) is 0 Å². The molecule has 0 aliphatic rings. The van der Waals surface area contributed by atoms with E-state index in [1.54, 1.807) is 17.4 Å². The lowest BCUT2D eigenvalue weighted by atomic mass is 10.0. The summed E-state index contributed by atoms with van der Waals surface area (Å²) in [5.41, 5.74) is 8.89. The van der Waals surface area contributed by atoms with Gasteiger partial charge in [-0.3, -0.25) is 9.20 Å². The molecule has 0 spiro atoms. The van der Waals surface area contributed by atoms with Gasteiger partial charge in [-0.05, 0) is 18.6 Å². The molecule has 3 aromatic rings. The second kappa shape index (κ2) is 4.51. The molecular weight excluding hydrogens is 258 g/mol. The van der Waals surface area contributed by atoms with Gasteiger partial charge in [-0.2, -0.15) is 0 Å². The molecule has 0 fully saturated rings. The summed E-state index contributed by atoms with van der Waals surface area (Å²) in [6, 6.07) is 5.41. The normalized spacial score (nSPS) is 11.0. The highest BCUT2D eigenvalue weighted by molar-refractivity contribution is 7.15. The van der Waals surface area contributed by atoms with E-state index in [0.29, 0.717) is 17.7 Å².